The molecule has 0 aliphatic carbocycles. The summed E-state index contributed by atoms with van der Waals surface area (Å²) >= 11 is 0. The SMILES string of the molecule is CN(C)NCc1cccc(OCCN2CCCCC2)c1. The number of nitrogens with one attached hydrogen (secondary N) is 1. The lowest BCUT2D eigenvalue weighted by Gasteiger charge is -2.26. The largest absolute Gasteiger partial charge is 0.492 e. The highest BCUT2D eigenvalue weighted by Crippen LogP contribution is 2.14. The average Bonchev–Trinajstić information content (AvgIpc) is 2.47. The molecule has 20 heavy (non-hydrogen) atoms. The Hall–Kier alpha value is -1.10. The number of hydrogen-bond donors (Lipinski definition) is 1. The van der Waals surface area contributed by atoms with Gasteiger partial charge in [0.2, 0.25) is 0 Å². The molecule has 1 aromatic carbocycles. The number of ether oxygens (including phenoxy) is 1. The summed E-state index contributed by atoms with van der Waals surface area (Å²) in [7, 11) is 4.00. The molecule has 0 atom stereocenters. The predicted octanol–water partition coefficient (Wildman–Crippen LogP) is 2.12. The first-order valence-electron chi connectivity index (χ1n) is 7.59. The Balaban J connectivity index is 1.73. The highest BCUT2D eigenvalue weighted by atomic mass is 16.5. The van der Waals surface area contributed by atoms with E-state index in [0.29, 0.717) is 0 Å². The van der Waals surface area contributed by atoms with Gasteiger partial charge in [0.15, 0.2) is 0 Å². The van der Waals surface area contributed by atoms with Crippen LogP contribution in [0.5, 0.6) is 5.75 Å². The molecular formula is C16H27N3O. The Labute approximate surface area is 122 Å². The van der Waals surface area contributed by atoms with Gasteiger partial charge in [-0.15, -0.1) is 0 Å². The zero-order chi connectivity index (χ0) is 14.2. The minimum atomic E-state index is 0.782. The lowest BCUT2D eigenvalue weighted by atomic mass is 10.1. The number of piperidine rings is 1. The van der Waals surface area contributed by atoms with Crippen LogP contribution in [0.15, 0.2) is 24.3 Å². The zero-order valence-corrected chi connectivity index (χ0v) is 12.8. The lowest BCUT2D eigenvalue weighted by molar-refractivity contribution is 0.183. The highest BCUT2D eigenvalue weighted by molar-refractivity contribution is 5.28. The highest BCUT2D eigenvalue weighted by Gasteiger charge is 2.09. The van der Waals surface area contributed by atoms with Crippen LogP contribution < -0.4 is 10.2 Å². The molecule has 0 spiro atoms. The maximum atomic E-state index is 5.87. The average molecular weight is 277 g/mol. The van der Waals surface area contributed by atoms with Crippen LogP contribution in [0.4, 0.5) is 0 Å². The van der Waals surface area contributed by atoms with Gasteiger partial charge in [0.05, 0.1) is 0 Å². The van der Waals surface area contributed by atoms with E-state index in [2.05, 4.69) is 28.5 Å². The molecule has 0 bridgehead atoms. The van der Waals surface area contributed by atoms with E-state index in [1.807, 2.05) is 25.2 Å². The molecule has 0 amide bonds. The molecule has 0 radical (unpaired) electrons. The Morgan fingerprint density at radius 1 is 1.20 bits per heavy atom. The van der Waals surface area contributed by atoms with Crippen LogP contribution in [-0.2, 0) is 6.54 Å². The molecule has 1 aliphatic heterocycles. The van der Waals surface area contributed by atoms with Crippen LogP contribution in [0, 0.1) is 0 Å². The molecule has 2 rings (SSSR count). The third-order valence-corrected chi connectivity index (χ3v) is 3.62. The minimum Gasteiger partial charge on any atom is -0.492 e. The van der Waals surface area contributed by atoms with Crippen molar-refractivity contribution in [3.63, 3.8) is 0 Å². The van der Waals surface area contributed by atoms with Crippen LogP contribution in [0.25, 0.3) is 0 Å². The molecule has 0 unspecified atom stereocenters. The van der Waals surface area contributed by atoms with Crippen LogP contribution in [0.3, 0.4) is 0 Å². The van der Waals surface area contributed by atoms with Crippen molar-refractivity contribution in [2.45, 2.75) is 25.8 Å². The van der Waals surface area contributed by atoms with E-state index in [4.69, 9.17) is 4.74 Å². The van der Waals surface area contributed by atoms with Crippen molar-refractivity contribution in [1.82, 2.24) is 15.3 Å². The summed E-state index contributed by atoms with van der Waals surface area (Å²) in [5.41, 5.74) is 4.51. The molecule has 112 valence electrons. The maximum Gasteiger partial charge on any atom is 0.119 e. The van der Waals surface area contributed by atoms with Crippen LogP contribution >= 0.6 is 0 Å². The third kappa shape index (κ3) is 5.49. The molecule has 1 fully saturated rings. The summed E-state index contributed by atoms with van der Waals surface area (Å²) in [6.07, 6.45) is 4.07. The van der Waals surface area contributed by atoms with Crippen molar-refractivity contribution in [3.05, 3.63) is 29.8 Å². The fourth-order valence-electron chi connectivity index (χ4n) is 2.47. The molecule has 4 nitrogen and oxygen atoms in total. The Morgan fingerprint density at radius 3 is 2.75 bits per heavy atom. The standard InChI is InChI=1S/C16H27N3O/c1-18(2)17-14-15-7-6-8-16(13-15)20-12-11-19-9-4-3-5-10-19/h6-8,13,17H,3-5,9-12,14H2,1-2H3. The Morgan fingerprint density at radius 2 is 2.00 bits per heavy atom. The topological polar surface area (TPSA) is 27.7 Å². The van der Waals surface area contributed by atoms with Gasteiger partial charge in [-0.3, -0.25) is 15.3 Å². The van der Waals surface area contributed by atoms with Crippen molar-refractivity contribution >= 4 is 0 Å². The molecule has 1 N–H and O–H groups in total. The number of benzene rings is 1. The molecule has 4 heteroatoms. The second-order valence-corrected chi connectivity index (χ2v) is 5.63. The fourth-order valence-corrected chi connectivity index (χ4v) is 2.47. The summed E-state index contributed by atoms with van der Waals surface area (Å²) in [5.74, 6) is 0.972. The number of likely N-dealkylation sites (tertiary alicyclic amines) is 1. The van der Waals surface area contributed by atoms with E-state index in [-0.39, 0.29) is 0 Å². The number of rotatable bonds is 7. The van der Waals surface area contributed by atoms with Gasteiger partial charge in [0.1, 0.15) is 12.4 Å². The van der Waals surface area contributed by atoms with E-state index in [9.17, 15) is 0 Å². The number of hydrazine groups is 1. The van der Waals surface area contributed by atoms with Gasteiger partial charge < -0.3 is 4.74 Å². The molecular weight excluding hydrogens is 250 g/mol. The van der Waals surface area contributed by atoms with E-state index < -0.39 is 0 Å². The van der Waals surface area contributed by atoms with Crippen molar-refractivity contribution in [2.24, 2.45) is 0 Å². The van der Waals surface area contributed by atoms with Crippen molar-refractivity contribution in [3.8, 4) is 5.75 Å². The minimum absolute atomic E-state index is 0.782. The van der Waals surface area contributed by atoms with E-state index in [1.54, 1.807) is 0 Å². The molecule has 0 saturated carbocycles. The van der Waals surface area contributed by atoms with Gasteiger partial charge in [-0.05, 0) is 43.6 Å². The fraction of sp³-hybridized carbons (Fsp3) is 0.625. The molecule has 1 aliphatic rings. The second kappa shape index (κ2) is 8.25. The summed E-state index contributed by atoms with van der Waals surface area (Å²) in [4.78, 5) is 2.50. The van der Waals surface area contributed by atoms with Gasteiger partial charge >= 0.3 is 0 Å². The predicted molar refractivity (Wildman–Crippen MR) is 82.8 cm³/mol. The quantitative estimate of drug-likeness (QED) is 0.773. The first kappa shape index (κ1) is 15.3. The maximum absolute atomic E-state index is 5.87. The van der Waals surface area contributed by atoms with Gasteiger partial charge in [-0.25, -0.2) is 0 Å². The molecule has 0 aromatic heterocycles. The summed E-state index contributed by atoms with van der Waals surface area (Å²) in [6.45, 7) is 5.12. The number of hydrogen-bond acceptors (Lipinski definition) is 4. The zero-order valence-electron chi connectivity index (χ0n) is 12.8. The van der Waals surface area contributed by atoms with Gasteiger partial charge in [-0.2, -0.15) is 0 Å². The van der Waals surface area contributed by atoms with E-state index >= 15 is 0 Å². The summed E-state index contributed by atoms with van der Waals surface area (Å²) in [5, 5.41) is 1.96. The Kier molecular flexibility index (Phi) is 6.30. The van der Waals surface area contributed by atoms with Crippen LogP contribution in [0.2, 0.25) is 0 Å². The number of nitrogens with zero attached hydrogens (tertiary/aromatic N) is 2. The monoisotopic (exact) mass is 277 g/mol. The van der Waals surface area contributed by atoms with Gasteiger partial charge in [0.25, 0.3) is 0 Å². The molecule has 1 saturated heterocycles. The van der Waals surface area contributed by atoms with Gasteiger partial charge in [0, 0.05) is 27.2 Å². The van der Waals surface area contributed by atoms with Crippen molar-refractivity contribution in [2.75, 3.05) is 40.3 Å². The molecule has 1 aromatic rings. The van der Waals surface area contributed by atoms with Crippen molar-refractivity contribution in [1.29, 1.82) is 0 Å². The first-order chi connectivity index (χ1) is 9.74. The second-order valence-electron chi connectivity index (χ2n) is 5.63. The summed E-state index contributed by atoms with van der Waals surface area (Å²) in [6, 6.07) is 8.33. The first-order valence-corrected chi connectivity index (χ1v) is 7.59. The lowest BCUT2D eigenvalue weighted by Crippen LogP contribution is -2.33. The third-order valence-electron chi connectivity index (χ3n) is 3.62. The Bertz CT molecular complexity index is 389. The molecule has 1 heterocycles. The van der Waals surface area contributed by atoms with Crippen LogP contribution in [-0.4, -0.2) is 50.2 Å². The smallest absolute Gasteiger partial charge is 0.119 e. The van der Waals surface area contributed by atoms with E-state index in [0.717, 1.165) is 25.4 Å². The normalized spacial score (nSPS) is 16.6. The van der Waals surface area contributed by atoms with Crippen LogP contribution in [0.1, 0.15) is 24.8 Å². The van der Waals surface area contributed by atoms with E-state index in [1.165, 1.54) is 37.9 Å². The van der Waals surface area contributed by atoms with Crippen molar-refractivity contribution < 1.29 is 4.74 Å². The summed E-state index contributed by atoms with van der Waals surface area (Å²) < 4.78 is 5.87. The van der Waals surface area contributed by atoms with Gasteiger partial charge in [-0.1, -0.05) is 18.6 Å².